The van der Waals surface area contributed by atoms with E-state index in [9.17, 15) is 24.0 Å². The summed E-state index contributed by atoms with van der Waals surface area (Å²) in [5.74, 6) is -3.35. The lowest BCUT2D eigenvalue weighted by molar-refractivity contribution is -0.151. The number of hydrazine groups is 1. The fraction of sp³-hybridized carbons (Fsp3) is 0.320. The molecule has 0 aromatic heterocycles. The SMILES string of the molecule is CCOC(=O)c1ccc(NC(=O)COC(=O)[C@H]2CC(=O)N(NC(=O)c3c(OC)cccc3OC)C2)cc1. The van der Waals surface area contributed by atoms with Crippen molar-refractivity contribution >= 4 is 35.3 Å². The summed E-state index contributed by atoms with van der Waals surface area (Å²) in [6, 6.07) is 10.8. The molecule has 12 heteroatoms. The number of ether oxygens (including phenoxy) is 4. The predicted molar refractivity (Wildman–Crippen MR) is 129 cm³/mol. The Morgan fingerprint density at radius 3 is 2.22 bits per heavy atom. The van der Waals surface area contributed by atoms with Gasteiger partial charge in [0.05, 0.1) is 38.9 Å². The second-order valence-electron chi connectivity index (χ2n) is 7.84. The minimum atomic E-state index is -0.871. The Labute approximate surface area is 212 Å². The Morgan fingerprint density at radius 1 is 0.973 bits per heavy atom. The first kappa shape index (κ1) is 27.0. The Morgan fingerprint density at radius 2 is 1.62 bits per heavy atom. The van der Waals surface area contributed by atoms with E-state index in [0.29, 0.717) is 11.3 Å². The van der Waals surface area contributed by atoms with E-state index in [-0.39, 0.29) is 36.6 Å². The molecule has 2 N–H and O–H groups in total. The van der Waals surface area contributed by atoms with Crippen molar-refractivity contribution < 1.29 is 42.9 Å². The lowest BCUT2D eigenvalue weighted by Crippen LogP contribution is -2.43. The van der Waals surface area contributed by atoms with Gasteiger partial charge in [0.2, 0.25) is 5.91 Å². The van der Waals surface area contributed by atoms with Crippen LogP contribution in [0, 0.1) is 5.92 Å². The summed E-state index contributed by atoms with van der Waals surface area (Å²) in [6.07, 6.45) is -0.195. The van der Waals surface area contributed by atoms with E-state index in [2.05, 4.69) is 10.7 Å². The number of benzene rings is 2. The van der Waals surface area contributed by atoms with Crippen LogP contribution in [0.25, 0.3) is 0 Å². The van der Waals surface area contributed by atoms with Crippen LogP contribution < -0.4 is 20.2 Å². The summed E-state index contributed by atoms with van der Waals surface area (Å²) in [6.45, 7) is 1.24. The van der Waals surface area contributed by atoms with Gasteiger partial charge < -0.3 is 24.3 Å². The van der Waals surface area contributed by atoms with E-state index in [4.69, 9.17) is 18.9 Å². The standard InChI is InChI=1S/C25H27N3O9/c1-4-36-24(32)15-8-10-17(11-9-15)26-20(29)14-37-25(33)16-12-21(30)28(13-16)27-23(31)22-18(34-2)6-5-7-19(22)35-3/h5-11,16H,4,12-14H2,1-3H3,(H,26,29)(H,27,31)/t16-/m0/s1. The average molecular weight is 514 g/mol. The molecule has 0 unspecified atom stereocenters. The maximum absolute atomic E-state index is 12.8. The van der Waals surface area contributed by atoms with Gasteiger partial charge in [0.15, 0.2) is 6.61 Å². The van der Waals surface area contributed by atoms with Gasteiger partial charge in [-0.25, -0.2) is 4.79 Å². The molecule has 0 saturated carbocycles. The van der Waals surface area contributed by atoms with Crippen molar-refractivity contribution in [2.24, 2.45) is 5.92 Å². The fourth-order valence-electron chi connectivity index (χ4n) is 3.58. The minimum Gasteiger partial charge on any atom is -0.496 e. The average Bonchev–Trinajstić information content (AvgIpc) is 3.27. The molecule has 37 heavy (non-hydrogen) atoms. The summed E-state index contributed by atoms with van der Waals surface area (Å²) in [4.78, 5) is 61.5. The zero-order chi connectivity index (χ0) is 26.9. The molecule has 1 heterocycles. The molecule has 1 fully saturated rings. The van der Waals surface area contributed by atoms with Crippen LogP contribution in [0.15, 0.2) is 42.5 Å². The van der Waals surface area contributed by atoms with Crippen LogP contribution in [-0.2, 0) is 23.9 Å². The quantitative estimate of drug-likeness (QED) is 0.451. The Bertz CT molecular complexity index is 1160. The first-order chi connectivity index (χ1) is 17.8. The third-order valence-corrected chi connectivity index (χ3v) is 5.38. The van der Waals surface area contributed by atoms with Crippen LogP contribution >= 0.6 is 0 Å². The molecule has 3 amide bonds. The maximum Gasteiger partial charge on any atom is 0.338 e. The van der Waals surface area contributed by atoms with Gasteiger partial charge in [0.25, 0.3) is 11.8 Å². The van der Waals surface area contributed by atoms with Crippen molar-refractivity contribution in [3.8, 4) is 11.5 Å². The Balaban J connectivity index is 1.51. The number of carbonyl (C=O) groups is 5. The molecule has 196 valence electrons. The highest BCUT2D eigenvalue weighted by molar-refractivity contribution is 6.01. The predicted octanol–water partition coefficient (Wildman–Crippen LogP) is 1.56. The van der Waals surface area contributed by atoms with Gasteiger partial charge in [-0.2, -0.15) is 0 Å². The van der Waals surface area contributed by atoms with Crippen LogP contribution in [0.2, 0.25) is 0 Å². The van der Waals surface area contributed by atoms with Gasteiger partial charge in [-0.3, -0.25) is 29.6 Å². The normalized spacial score (nSPS) is 14.5. The highest BCUT2D eigenvalue weighted by Gasteiger charge is 2.37. The molecule has 2 aromatic rings. The first-order valence-electron chi connectivity index (χ1n) is 11.3. The molecular formula is C25H27N3O9. The van der Waals surface area contributed by atoms with Crippen molar-refractivity contribution in [1.82, 2.24) is 10.4 Å². The number of anilines is 1. The summed E-state index contributed by atoms with van der Waals surface area (Å²) in [7, 11) is 2.79. The summed E-state index contributed by atoms with van der Waals surface area (Å²) in [5.41, 5.74) is 3.28. The Kier molecular flexibility index (Phi) is 9.03. The summed E-state index contributed by atoms with van der Waals surface area (Å²) >= 11 is 0. The molecule has 1 aliphatic heterocycles. The number of carbonyl (C=O) groups excluding carboxylic acids is 5. The van der Waals surface area contributed by atoms with Crippen molar-refractivity contribution in [3.63, 3.8) is 0 Å². The molecule has 0 bridgehead atoms. The Hall–Kier alpha value is -4.61. The highest BCUT2D eigenvalue weighted by atomic mass is 16.5. The van der Waals surface area contributed by atoms with Gasteiger partial charge >= 0.3 is 11.9 Å². The van der Waals surface area contributed by atoms with Crippen molar-refractivity contribution in [2.45, 2.75) is 13.3 Å². The number of esters is 2. The van der Waals surface area contributed by atoms with Crippen LogP contribution in [-0.4, -0.2) is 68.6 Å². The van der Waals surface area contributed by atoms with E-state index in [1.54, 1.807) is 25.1 Å². The highest BCUT2D eigenvalue weighted by Crippen LogP contribution is 2.28. The second-order valence-corrected chi connectivity index (χ2v) is 7.84. The van der Waals surface area contributed by atoms with Crippen LogP contribution in [0.5, 0.6) is 11.5 Å². The molecule has 0 aliphatic carbocycles. The number of nitrogens with one attached hydrogen (secondary N) is 2. The van der Waals surface area contributed by atoms with Crippen molar-refractivity contribution in [2.75, 3.05) is 39.3 Å². The van der Waals surface area contributed by atoms with E-state index in [0.717, 1.165) is 5.01 Å². The number of nitrogens with zero attached hydrogens (tertiary/aromatic N) is 1. The zero-order valence-corrected chi connectivity index (χ0v) is 20.6. The lowest BCUT2D eigenvalue weighted by Gasteiger charge is -2.19. The van der Waals surface area contributed by atoms with Gasteiger partial charge in [-0.15, -0.1) is 0 Å². The second kappa shape index (κ2) is 12.4. The van der Waals surface area contributed by atoms with Gasteiger partial charge in [-0.05, 0) is 43.3 Å². The van der Waals surface area contributed by atoms with Crippen LogP contribution in [0.4, 0.5) is 5.69 Å². The molecule has 1 aliphatic rings. The van der Waals surface area contributed by atoms with Gasteiger partial charge in [0, 0.05) is 12.1 Å². The topological polar surface area (TPSA) is 150 Å². The molecular weight excluding hydrogens is 486 g/mol. The number of amides is 3. The minimum absolute atomic E-state index is 0.0956. The third kappa shape index (κ3) is 6.75. The summed E-state index contributed by atoms with van der Waals surface area (Å²) in [5, 5.41) is 3.56. The molecule has 1 atom stereocenters. The van der Waals surface area contributed by atoms with Gasteiger partial charge in [0.1, 0.15) is 17.1 Å². The smallest absolute Gasteiger partial charge is 0.338 e. The number of hydrogen-bond donors (Lipinski definition) is 2. The van der Waals surface area contributed by atoms with E-state index >= 15 is 0 Å². The monoisotopic (exact) mass is 513 g/mol. The fourth-order valence-corrected chi connectivity index (χ4v) is 3.58. The summed E-state index contributed by atoms with van der Waals surface area (Å²) < 4.78 is 20.4. The number of methoxy groups -OCH3 is 2. The molecule has 1 saturated heterocycles. The number of hydrogen-bond acceptors (Lipinski definition) is 9. The zero-order valence-electron chi connectivity index (χ0n) is 20.6. The first-order valence-corrected chi connectivity index (χ1v) is 11.3. The van der Waals surface area contributed by atoms with Crippen LogP contribution in [0.3, 0.4) is 0 Å². The molecule has 2 aromatic carbocycles. The van der Waals surface area contributed by atoms with Gasteiger partial charge in [-0.1, -0.05) is 6.07 Å². The van der Waals surface area contributed by atoms with Crippen molar-refractivity contribution in [3.05, 3.63) is 53.6 Å². The maximum atomic E-state index is 12.8. The number of rotatable bonds is 10. The van der Waals surface area contributed by atoms with E-state index in [1.807, 2.05) is 0 Å². The van der Waals surface area contributed by atoms with E-state index in [1.165, 1.54) is 38.5 Å². The van der Waals surface area contributed by atoms with E-state index < -0.39 is 42.2 Å². The van der Waals surface area contributed by atoms with Crippen LogP contribution in [0.1, 0.15) is 34.1 Å². The van der Waals surface area contributed by atoms with Crippen molar-refractivity contribution in [1.29, 1.82) is 0 Å². The third-order valence-electron chi connectivity index (χ3n) is 5.38. The largest absolute Gasteiger partial charge is 0.496 e. The molecule has 0 radical (unpaired) electrons. The molecule has 12 nitrogen and oxygen atoms in total. The molecule has 3 rings (SSSR count). The lowest BCUT2D eigenvalue weighted by atomic mass is 10.1. The molecule has 0 spiro atoms.